The van der Waals surface area contributed by atoms with Crippen molar-refractivity contribution in [1.82, 2.24) is 15.5 Å². The van der Waals surface area contributed by atoms with Gasteiger partial charge in [-0.25, -0.2) is 0 Å². The van der Waals surface area contributed by atoms with Crippen molar-refractivity contribution in [2.45, 2.75) is 25.4 Å². The Hall–Kier alpha value is -1.84. The summed E-state index contributed by atoms with van der Waals surface area (Å²) in [6, 6.07) is 3.14. The van der Waals surface area contributed by atoms with Crippen molar-refractivity contribution >= 4 is 29.9 Å². The fourth-order valence-electron chi connectivity index (χ4n) is 3.52. The molecule has 1 aromatic rings. The second-order valence-corrected chi connectivity index (χ2v) is 7.12. The van der Waals surface area contributed by atoms with Gasteiger partial charge in [-0.2, -0.15) is 13.2 Å². The van der Waals surface area contributed by atoms with Crippen molar-refractivity contribution in [2.75, 3.05) is 50.7 Å². The minimum absolute atomic E-state index is 0. The Morgan fingerprint density at radius 3 is 2.48 bits per heavy atom. The van der Waals surface area contributed by atoms with Gasteiger partial charge in [0.1, 0.15) is 0 Å². The summed E-state index contributed by atoms with van der Waals surface area (Å²) in [6.07, 6.45) is -2.95. The first-order valence-corrected chi connectivity index (χ1v) is 9.58. The Bertz CT molecular complexity index is 724. The van der Waals surface area contributed by atoms with Gasteiger partial charge in [0.25, 0.3) is 5.91 Å². The minimum Gasteiger partial charge on any atom is -0.352 e. The molecule has 2 amide bonds. The van der Waals surface area contributed by atoms with Gasteiger partial charge in [0.05, 0.1) is 5.56 Å². The molecule has 6 nitrogen and oxygen atoms in total. The van der Waals surface area contributed by atoms with E-state index in [1.165, 1.54) is 11.0 Å². The monoisotopic (exact) mass is 434 g/mol. The molecule has 0 aromatic heterocycles. The summed E-state index contributed by atoms with van der Waals surface area (Å²) in [5.74, 6) is -0.777. The fraction of sp³-hybridized carbons (Fsp3) is 0.579. The van der Waals surface area contributed by atoms with Crippen LogP contribution in [-0.4, -0.2) is 62.5 Å². The highest BCUT2D eigenvalue weighted by atomic mass is 35.5. The van der Waals surface area contributed by atoms with E-state index >= 15 is 0 Å². The summed E-state index contributed by atoms with van der Waals surface area (Å²) in [5, 5.41) is 5.96. The molecule has 29 heavy (non-hydrogen) atoms. The molecule has 2 aliphatic rings. The van der Waals surface area contributed by atoms with E-state index in [-0.39, 0.29) is 29.6 Å². The van der Waals surface area contributed by atoms with Gasteiger partial charge in [0, 0.05) is 56.9 Å². The molecule has 2 fully saturated rings. The predicted octanol–water partition coefficient (Wildman–Crippen LogP) is 2.28. The number of hydrogen-bond donors (Lipinski definition) is 2. The Morgan fingerprint density at radius 1 is 1.14 bits per heavy atom. The summed E-state index contributed by atoms with van der Waals surface area (Å²) in [6.45, 7) is 5.37. The maximum Gasteiger partial charge on any atom is 0.416 e. The lowest BCUT2D eigenvalue weighted by molar-refractivity contribution is -0.137. The van der Waals surface area contributed by atoms with E-state index in [0.29, 0.717) is 25.9 Å². The van der Waals surface area contributed by atoms with Crippen LogP contribution < -0.4 is 15.5 Å². The number of benzene rings is 1. The highest BCUT2D eigenvalue weighted by molar-refractivity contribution is 5.99. The van der Waals surface area contributed by atoms with Gasteiger partial charge in [-0.05, 0) is 37.6 Å². The van der Waals surface area contributed by atoms with Crippen molar-refractivity contribution in [3.05, 3.63) is 29.3 Å². The molecule has 2 aliphatic heterocycles. The average Bonchev–Trinajstić information content (AvgIpc) is 3.11. The van der Waals surface area contributed by atoms with E-state index in [2.05, 4.69) is 15.5 Å². The molecule has 2 N–H and O–H groups in total. The summed E-state index contributed by atoms with van der Waals surface area (Å²) in [4.78, 5) is 27.9. The van der Waals surface area contributed by atoms with Crippen LogP contribution in [-0.2, 0) is 11.0 Å². The molecular weight excluding hydrogens is 409 g/mol. The smallest absolute Gasteiger partial charge is 0.352 e. The standard InChI is InChI=1S/C19H25F3N4O2.ClH/c20-19(21,22)15-11-14(12-16(13-15)26-8-1-3-17(26)27)18(28)24-4-2-7-25-9-5-23-6-10-25;/h11-13,23H,1-10H2,(H,24,28);1H. The predicted molar refractivity (Wildman–Crippen MR) is 107 cm³/mol. The van der Waals surface area contributed by atoms with Crippen molar-refractivity contribution < 1.29 is 22.8 Å². The van der Waals surface area contributed by atoms with Crippen LogP contribution in [0.1, 0.15) is 35.2 Å². The van der Waals surface area contributed by atoms with Crippen molar-refractivity contribution in [3.63, 3.8) is 0 Å². The van der Waals surface area contributed by atoms with E-state index < -0.39 is 17.6 Å². The molecule has 0 aliphatic carbocycles. The molecule has 10 heteroatoms. The highest BCUT2D eigenvalue weighted by Gasteiger charge is 2.33. The quantitative estimate of drug-likeness (QED) is 0.674. The third-order valence-electron chi connectivity index (χ3n) is 5.04. The zero-order chi connectivity index (χ0) is 20.1. The van der Waals surface area contributed by atoms with Crippen LogP contribution in [0.15, 0.2) is 18.2 Å². The molecule has 0 bridgehead atoms. The second kappa shape index (κ2) is 10.3. The number of halogens is 4. The molecule has 0 unspecified atom stereocenters. The topological polar surface area (TPSA) is 64.7 Å². The number of rotatable bonds is 6. The SMILES string of the molecule is Cl.O=C(NCCCN1CCNCC1)c1cc(N2CCCC2=O)cc(C(F)(F)F)c1. The van der Waals surface area contributed by atoms with Gasteiger partial charge in [-0.15, -0.1) is 12.4 Å². The number of carbonyl (C=O) groups is 2. The number of amides is 2. The number of piperazine rings is 1. The van der Waals surface area contributed by atoms with Crippen LogP contribution in [0, 0.1) is 0 Å². The van der Waals surface area contributed by atoms with E-state index in [0.717, 1.165) is 51.3 Å². The largest absolute Gasteiger partial charge is 0.416 e. The number of hydrogen-bond acceptors (Lipinski definition) is 4. The Kier molecular flexibility index (Phi) is 8.30. The van der Waals surface area contributed by atoms with Gasteiger partial charge in [-0.3, -0.25) is 9.59 Å². The number of anilines is 1. The van der Waals surface area contributed by atoms with E-state index in [1.807, 2.05) is 0 Å². The molecule has 1 aromatic carbocycles. The maximum atomic E-state index is 13.3. The van der Waals surface area contributed by atoms with E-state index in [1.54, 1.807) is 0 Å². The molecule has 2 saturated heterocycles. The number of carbonyl (C=O) groups excluding carboxylic acids is 2. The molecule has 162 valence electrons. The molecule has 0 spiro atoms. The first kappa shape index (κ1) is 23.4. The molecule has 3 rings (SSSR count). The van der Waals surface area contributed by atoms with Crippen molar-refractivity contribution in [2.24, 2.45) is 0 Å². The van der Waals surface area contributed by atoms with Crippen molar-refractivity contribution in [1.29, 1.82) is 0 Å². The summed E-state index contributed by atoms with van der Waals surface area (Å²) < 4.78 is 39.8. The first-order valence-electron chi connectivity index (χ1n) is 9.58. The van der Waals surface area contributed by atoms with Crippen LogP contribution >= 0.6 is 12.4 Å². The zero-order valence-electron chi connectivity index (χ0n) is 16.1. The zero-order valence-corrected chi connectivity index (χ0v) is 16.9. The highest BCUT2D eigenvalue weighted by Crippen LogP contribution is 2.34. The first-order chi connectivity index (χ1) is 13.3. The van der Waals surface area contributed by atoms with Crippen LogP contribution in [0.3, 0.4) is 0 Å². The van der Waals surface area contributed by atoms with Gasteiger partial charge in [0.15, 0.2) is 0 Å². The van der Waals surface area contributed by atoms with Gasteiger partial charge < -0.3 is 20.4 Å². The lowest BCUT2D eigenvalue weighted by Gasteiger charge is -2.27. The van der Waals surface area contributed by atoms with Crippen molar-refractivity contribution in [3.8, 4) is 0 Å². The van der Waals surface area contributed by atoms with E-state index in [9.17, 15) is 22.8 Å². The van der Waals surface area contributed by atoms with Crippen LogP contribution in [0.5, 0.6) is 0 Å². The lowest BCUT2D eigenvalue weighted by atomic mass is 10.1. The normalized spacial score (nSPS) is 17.9. The molecule has 2 heterocycles. The molecule has 0 atom stereocenters. The lowest BCUT2D eigenvalue weighted by Crippen LogP contribution is -2.44. The summed E-state index contributed by atoms with van der Waals surface area (Å²) in [5.41, 5.74) is -0.870. The average molecular weight is 435 g/mol. The summed E-state index contributed by atoms with van der Waals surface area (Å²) in [7, 11) is 0. The number of nitrogens with one attached hydrogen (secondary N) is 2. The maximum absolute atomic E-state index is 13.3. The van der Waals surface area contributed by atoms with Gasteiger partial charge >= 0.3 is 6.18 Å². The minimum atomic E-state index is -4.59. The molecular formula is C19H26ClF3N4O2. The molecule has 0 saturated carbocycles. The Morgan fingerprint density at radius 2 is 1.86 bits per heavy atom. The number of nitrogens with zero attached hydrogens (tertiary/aromatic N) is 2. The van der Waals surface area contributed by atoms with Gasteiger partial charge in [-0.1, -0.05) is 0 Å². The fourth-order valence-corrected chi connectivity index (χ4v) is 3.52. The Balaban J connectivity index is 0.00000300. The van der Waals surface area contributed by atoms with Crippen LogP contribution in [0.25, 0.3) is 0 Å². The third-order valence-corrected chi connectivity index (χ3v) is 5.04. The van der Waals surface area contributed by atoms with Crippen LogP contribution in [0.2, 0.25) is 0 Å². The summed E-state index contributed by atoms with van der Waals surface area (Å²) >= 11 is 0. The van der Waals surface area contributed by atoms with Crippen LogP contribution in [0.4, 0.5) is 18.9 Å². The second-order valence-electron chi connectivity index (χ2n) is 7.12. The Labute approximate surface area is 174 Å². The van der Waals surface area contributed by atoms with E-state index in [4.69, 9.17) is 0 Å². The third kappa shape index (κ3) is 6.32. The number of alkyl halides is 3. The molecule has 0 radical (unpaired) electrons. The van der Waals surface area contributed by atoms with Gasteiger partial charge in [0.2, 0.25) is 5.91 Å².